The molecule has 0 amide bonds. The molecule has 6 heteroatoms. The van der Waals surface area contributed by atoms with Crippen molar-refractivity contribution in [3.63, 3.8) is 0 Å². The van der Waals surface area contributed by atoms with Crippen LogP contribution in [0.1, 0.15) is 30.4 Å². The van der Waals surface area contributed by atoms with Crippen molar-refractivity contribution >= 4 is 10.0 Å². The summed E-state index contributed by atoms with van der Waals surface area (Å²) in [6.45, 7) is 4.64. The molecule has 0 aromatic heterocycles. The third kappa shape index (κ3) is 3.56. The molecule has 0 saturated carbocycles. The molecule has 0 spiro atoms. The van der Waals surface area contributed by atoms with E-state index in [1.165, 1.54) is 12.1 Å². The zero-order chi connectivity index (χ0) is 14.8. The predicted octanol–water partition coefficient (Wildman–Crippen LogP) is 1.86. The molecule has 1 heterocycles. The van der Waals surface area contributed by atoms with Gasteiger partial charge in [-0.05, 0) is 62.9 Å². The third-order valence-electron chi connectivity index (χ3n) is 3.64. The first-order valence-corrected chi connectivity index (χ1v) is 8.38. The van der Waals surface area contributed by atoms with E-state index in [0.29, 0.717) is 23.7 Å². The van der Waals surface area contributed by atoms with Gasteiger partial charge >= 0.3 is 0 Å². The van der Waals surface area contributed by atoms with Crippen LogP contribution in [0.3, 0.4) is 0 Å². The largest absolute Gasteiger partial charge is 0.314 e. The van der Waals surface area contributed by atoms with E-state index in [4.69, 9.17) is 0 Å². The van der Waals surface area contributed by atoms with Crippen molar-refractivity contribution in [2.45, 2.75) is 44.0 Å². The Kier molecular flexibility index (Phi) is 4.78. The number of hydrogen-bond donors (Lipinski definition) is 2. The summed E-state index contributed by atoms with van der Waals surface area (Å²) < 4.78 is 40.5. The van der Waals surface area contributed by atoms with Gasteiger partial charge in [-0.1, -0.05) is 0 Å². The number of nitrogens with one attached hydrogen (secondary N) is 2. The molecule has 20 heavy (non-hydrogen) atoms. The lowest BCUT2D eigenvalue weighted by Crippen LogP contribution is -2.31. The first kappa shape index (κ1) is 15.4. The minimum atomic E-state index is -3.57. The van der Waals surface area contributed by atoms with E-state index >= 15 is 0 Å². The lowest BCUT2D eigenvalue weighted by Gasteiger charge is -2.14. The Morgan fingerprint density at radius 3 is 2.55 bits per heavy atom. The predicted molar refractivity (Wildman–Crippen MR) is 76.7 cm³/mol. The molecule has 1 saturated heterocycles. The van der Waals surface area contributed by atoms with Crippen LogP contribution in [0.25, 0.3) is 0 Å². The number of aryl methyl sites for hydroxylation is 2. The summed E-state index contributed by atoms with van der Waals surface area (Å²) in [7, 11) is -3.57. The fraction of sp³-hybridized carbons (Fsp3) is 0.571. The molecule has 1 fully saturated rings. The first-order valence-electron chi connectivity index (χ1n) is 6.90. The van der Waals surface area contributed by atoms with Gasteiger partial charge in [0.05, 0.1) is 4.90 Å². The topological polar surface area (TPSA) is 58.2 Å². The normalized spacial score (nSPS) is 19.4. The van der Waals surface area contributed by atoms with Gasteiger partial charge in [0.15, 0.2) is 0 Å². The van der Waals surface area contributed by atoms with E-state index in [2.05, 4.69) is 10.0 Å². The van der Waals surface area contributed by atoms with Gasteiger partial charge < -0.3 is 5.32 Å². The van der Waals surface area contributed by atoms with Crippen molar-refractivity contribution < 1.29 is 12.8 Å². The summed E-state index contributed by atoms with van der Waals surface area (Å²) in [6.07, 6.45) is 3.02. The molecule has 0 radical (unpaired) electrons. The van der Waals surface area contributed by atoms with Crippen LogP contribution in [0.2, 0.25) is 0 Å². The van der Waals surface area contributed by atoms with Crippen LogP contribution in [-0.4, -0.2) is 27.5 Å². The fourth-order valence-corrected chi connectivity index (χ4v) is 4.26. The minimum absolute atomic E-state index is 0.193. The van der Waals surface area contributed by atoms with Gasteiger partial charge in [-0.25, -0.2) is 17.5 Å². The number of hydrogen-bond acceptors (Lipinski definition) is 3. The molecule has 1 aromatic carbocycles. The molecular formula is C14H21FN2O2S. The molecular weight excluding hydrogens is 279 g/mol. The summed E-state index contributed by atoms with van der Waals surface area (Å²) in [4.78, 5) is 0.193. The fourth-order valence-electron chi connectivity index (χ4n) is 2.76. The maximum absolute atomic E-state index is 13.2. The number of halogens is 1. The number of rotatable bonds is 5. The summed E-state index contributed by atoms with van der Waals surface area (Å²) in [5, 5.41) is 3.33. The molecule has 2 rings (SSSR count). The lowest BCUT2D eigenvalue weighted by atomic mass is 10.1. The number of sulfonamides is 1. The second kappa shape index (κ2) is 6.20. The van der Waals surface area contributed by atoms with Crippen molar-refractivity contribution in [2.24, 2.45) is 0 Å². The second-order valence-electron chi connectivity index (χ2n) is 5.35. The van der Waals surface area contributed by atoms with Crippen LogP contribution >= 0.6 is 0 Å². The zero-order valence-electron chi connectivity index (χ0n) is 11.9. The maximum atomic E-state index is 13.2. The zero-order valence-corrected chi connectivity index (χ0v) is 12.7. The average Bonchev–Trinajstić information content (AvgIpc) is 2.79. The van der Waals surface area contributed by atoms with Gasteiger partial charge in [0.25, 0.3) is 0 Å². The smallest absolute Gasteiger partial charge is 0.241 e. The van der Waals surface area contributed by atoms with E-state index in [9.17, 15) is 12.8 Å². The monoisotopic (exact) mass is 300 g/mol. The summed E-state index contributed by atoms with van der Waals surface area (Å²) in [6, 6.07) is 2.90. The van der Waals surface area contributed by atoms with E-state index in [1.807, 2.05) is 0 Å². The quantitative estimate of drug-likeness (QED) is 0.872. The highest BCUT2D eigenvalue weighted by Gasteiger charge is 2.21. The highest BCUT2D eigenvalue weighted by molar-refractivity contribution is 7.89. The van der Waals surface area contributed by atoms with Crippen LogP contribution in [0, 0.1) is 19.7 Å². The highest BCUT2D eigenvalue weighted by atomic mass is 32.2. The third-order valence-corrected chi connectivity index (χ3v) is 5.41. The van der Waals surface area contributed by atoms with Gasteiger partial charge in [0, 0.05) is 12.6 Å². The minimum Gasteiger partial charge on any atom is -0.314 e. The first-order chi connectivity index (χ1) is 9.40. The second-order valence-corrected chi connectivity index (χ2v) is 7.05. The molecule has 2 N–H and O–H groups in total. The van der Waals surface area contributed by atoms with Crippen molar-refractivity contribution in [3.05, 3.63) is 29.1 Å². The Hall–Kier alpha value is -0.980. The highest BCUT2D eigenvalue weighted by Crippen LogP contribution is 2.21. The molecule has 1 aromatic rings. The van der Waals surface area contributed by atoms with Gasteiger partial charge in [-0.15, -0.1) is 0 Å². The van der Waals surface area contributed by atoms with Gasteiger partial charge in [0.1, 0.15) is 5.82 Å². The average molecular weight is 300 g/mol. The van der Waals surface area contributed by atoms with E-state index in [0.717, 1.165) is 25.8 Å². The van der Waals surface area contributed by atoms with Crippen molar-refractivity contribution in [3.8, 4) is 0 Å². The SMILES string of the molecule is Cc1cc(F)cc(C)c1S(=O)(=O)NCC[C@H]1CCCN1. The Bertz CT molecular complexity index is 558. The van der Waals surface area contributed by atoms with Gasteiger partial charge in [-0.2, -0.15) is 0 Å². The molecule has 1 aliphatic rings. The van der Waals surface area contributed by atoms with Crippen molar-refractivity contribution in [1.82, 2.24) is 10.0 Å². The number of benzene rings is 1. The van der Waals surface area contributed by atoms with E-state index in [-0.39, 0.29) is 4.90 Å². The van der Waals surface area contributed by atoms with Gasteiger partial charge in [0.2, 0.25) is 10.0 Å². The Morgan fingerprint density at radius 1 is 1.35 bits per heavy atom. The summed E-state index contributed by atoms with van der Waals surface area (Å²) in [5.74, 6) is -0.408. The van der Waals surface area contributed by atoms with Crippen molar-refractivity contribution in [2.75, 3.05) is 13.1 Å². The van der Waals surface area contributed by atoms with E-state index < -0.39 is 15.8 Å². The van der Waals surface area contributed by atoms with Crippen LogP contribution in [0.4, 0.5) is 4.39 Å². The Labute approximate surface area is 119 Å². The molecule has 1 aliphatic heterocycles. The van der Waals surface area contributed by atoms with Gasteiger partial charge in [-0.3, -0.25) is 0 Å². The summed E-state index contributed by atoms with van der Waals surface area (Å²) in [5.41, 5.74) is 0.878. The van der Waals surface area contributed by atoms with Crippen LogP contribution < -0.4 is 10.0 Å². The summed E-state index contributed by atoms with van der Waals surface area (Å²) >= 11 is 0. The Morgan fingerprint density at radius 2 is 2.00 bits per heavy atom. The van der Waals surface area contributed by atoms with E-state index in [1.54, 1.807) is 13.8 Å². The molecule has 0 aliphatic carbocycles. The molecule has 0 bridgehead atoms. The standard InChI is InChI=1S/C14H21FN2O2S/c1-10-8-12(15)9-11(2)14(10)20(18,19)17-7-5-13-4-3-6-16-13/h8-9,13,16-17H,3-7H2,1-2H3/t13-/m1/s1. The molecule has 4 nitrogen and oxygen atoms in total. The molecule has 0 unspecified atom stereocenters. The lowest BCUT2D eigenvalue weighted by molar-refractivity contribution is 0.539. The molecule has 112 valence electrons. The maximum Gasteiger partial charge on any atom is 0.241 e. The van der Waals surface area contributed by atoms with Crippen molar-refractivity contribution in [1.29, 1.82) is 0 Å². The molecule has 1 atom stereocenters. The Balaban J connectivity index is 2.06. The van der Waals surface area contributed by atoms with Crippen LogP contribution in [0.15, 0.2) is 17.0 Å². The van der Waals surface area contributed by atoms with Crippen LogP contribution in [-0.2, 0) is 10.0 Å². The van der Waals surface area contributed by atoms with Crippen LogP contribution in [0.5, 0.6) is 0 Å².